The van der Waals surface area contributed by atoms with Gasteiger partial charge in [0, 0.05) is 11.3 Å². The Morgan fingerprint density at radius 1 is 1.06 bits per heavy atom. The molecule has 168 valence electrons. The van der Waals surface area contributed by atoms with Gasteiger partial charge in [-0.15, -0.1) is 0 Å². The number of rotatable bonds is 9. The van der Waals surface area contributed by atoms with Crippen LogP contribution in [0.4, 0.5) is 5.69 Å². The summed E-state index contributed by atoms with van der Waals surface area (Å²) in [4.78, 5) is 0. The fourth-order valence-electron chi connectivity index (χ4n) is 4.73. The van der Waals surface area contributed by atoms with E-state index in [0.717, 1.165) is 12.8 Å². The Hall–Kier alpha value is -2.10. The molecule has 0 saturated heterocycles. The summed E-state index contributed by atoms with van der Waals surface area (Å²) in [6.07, 6.45) is 4.78. The van der Waals surface area contributed by atoms with Crippen LogP contribution in [0.25, 0.3) is 5.57 Å². The lowest BCUT2D eigenvalue weighted by atomic mass is 9.85. The average molecular weight is 422 g/mol. The molecular formula is C28H39NO2. The molecule has 3 atom stereocenters. The molecule has 3 unspecified atom stereocenters. The monoisotopic (exact) mass is 421 g/mol. The van der Waals surface area contributed by atoms with E-state index in [0.29, 0.717) is 18.9 Å². The number of fused-ring (bicyclic) bond motifs is 1. The number of nitrogens with one attached hydrogen (secondary N) is 1. The van der Waals surface area contributed by atoms with Gasteiger partial charge in [-0.05, 0) is 81.2 Å². The SMILES string of the molecule is Cc1cc(C)c(CCOC(C)CC(C)O)c(C2C=C(CC(C)C)c3ccccc3N2)c1. The molecule has 31 heavy (non-hydrogen) atoms. The summed E-state index contributed by atoms with van der Waals surface area (Å²) in [6, 6.07) is 13.4. The maximum Gasteiger partial charge on any atom is 0.0706 e. The number of aryl methyl sites for hydroxylation is 2. The van der Waals surface area contributed by atoms with E-state index in [1.54, 1.807) is 0 Å². The van der Waals surface area contributed by atoms with E-state index < -0.39 is 0 Å². The molecule has 0 amide bonds. The normalized spacial score (nSPS) is 17.7. The number of anilines is 1. The molecule has 0 bridgehead atoms. The highest BCUT2D eigenvalue weighted by Gasteiger charge is 2.23. The van der Waals surface area contributed by atoms with Gasteiger partial charge in [-0.25, -0.2) is 0 Å². The van der Waals surface area contributed by atoms with Gasteiger partial charge in [-0.3, -0.25) is 0 Å². The lowest BCUT2D eigenvalue weighted by Gasteiger charge is -2.30. The van der Waals surface area contributed by atoms with Crippen molar-refractivity contribution in [1.82, 2.24) is 0 Å². The van der Waals surface area contributed by atoms with Crippen LogP contribution in [-0.2, 0) is 11.2 Å². The first kappa shape index (κ1) is 23.6. The van der Waals surface area contributed by atoms with Crippen LogP contribution in [0, 0.1) is 19.8 Å². The van der Waals surface area contributed by atoms with Crippen molar-refractivity contribution in [1.29, 1.82) is 0 Å². The molecule has 0 radical (unpaired) electrons. The van der Waals surface area contributed by atoms with Crippen LogP contribution in [0.2, 0.25) is 0 Å². The van der Waals surface area contributed by atoms with Crippen molar-refractivity contribution in [2.45, 2.75) is 79.1 Å². The Labute approximate surface area is 188 Å². The first-order valence-electron chi connectivity index (χ1n) is 11.7. The van der Waals surface area contributed by atoms with Crippen LogP contribution in [0.3, 0.4) is 0 Å². The third-order valence-electron chi connectivity index (χ3n) is 5.99. The van der Waals surface area contributed by atoms with Crippen LogP contribution in [0.15, 0.2) is 42.5 Å². The Balaban J connectivity index is 1.89. The van der Waals surface area contributed by atoms with Gasteiger partial charge in [-0.1, -0.05) is 55.8 Å². The van der Waals surface area contributed by atoms with Crippen LogP contribution in [-0.4, -0.2) is 23.9 Å². The summed E-state index contributed by atoms with van der Waals surface area (Å²) >= 11 is 0. The average Bonchev–Trinajstić information content (AvgIpc) is 2.68. The number of benzene rings is 2. The third kappa shape index (κ3) is 6.21. The maximum atomic E-state index is 9.60. The van der Waals surface area contributed by atoms with Crippen molar-refractivity contribution >= 4 is 11.3 Å². The quantitative estimate of drug-likeness (QED) is 0.478. The molecule has 0 aromatic heterocycles. The zero-order valence-corrected chi connectivity index (χ0v) is 20.0. The fraction of sp³-hybridized carbons (Fsp3) is 0.500. The molecule has 0 fully saturated rings. The Bertz CT molecular complexity index is 913. The van der Waals surface area contributed by atoms with E-state index in [-0.39, 0.29) is 18.2 Å². The van der Waals surface area contributed by atoms with Gasteiger partial charge < -0.3 is 15.2 Å². The Morgan fingerprint density at radius 3 is 2.52 bits per heavy atom. The van der Waals surface area contributed by atoms with Crippen molar-refractivity contribution in [3.05, 3.63) is 70.3 Å². The number of hydrogen-bond acceptors (Lipinski definition) is 3. The van der Waals surface area contributed by atoms with E-state index >= 15 is 0 Å². The lowest BCUT2D eigenvalue weighted by molar-refractivity contribution is 0.0307. The lowest BCUT2D eigenvalue weighted by Crippen LogP contribution is -2.20. The molecule has 3 rings (SSSR count). The zero-order valence-electron chi connectivity index (χ0n) is 20.0. The molecule has 1 aliphatic heterocycles. The highest BCUT2D eigenvalue weighted by molar-refractivity contribution is 5.80. The van der Waals surface area contributed by atoms with Crippen LogP contribution < -0.4 is 5.32 Å². The van der Waals surface area contributed by atoms with Crippen LogP contribution in [0.1, 0.15) is 74.4 Å². The zero-order chi connectivity index (χ0) is 22.5. The van der Waals surface area contributed by atoms with Crippen LogP contribution >= 0.6 is 0 Å². The summed E-state index contributed by atoms with van der Waals surface area (Å²) in [6.45, 7) is 13.5. The van der Waals surface area contributed by atoms with Gasteiger partial charge in [0.1, 0.15) is 0 Å². The van der Waals surface area contributed by atoms with E-state index in [4.69, 9.17) is 4.74 Å². The van der Waals surface area contributed by atoms with Gasteiger partial charge in [0.15, 0.2) is 0 Å². The highest BCUT2D eigenvalue weighted by Crippen LogP contribution is 2.39. The number of aliphatic hydroxyl groups excluding tert-OH is 1. The van der Waals surface area contributed by atoms with E-state index in [1.165, 1.54) is 39.1 Å². The highest BCUT2D eigenvalue weighted by atomic mass is 16.5. The predicted octanol–water partition coefficient (Wildman–Crippen LogP) is 6.62. The van der Waals surface area contributed by atoms with Gasteiger partial charge in [0.25, 0.3) is 0 Å². The maximum absolute atomic E-state index is 9.60. The van der Waals surface area contributed by atoms with Crippen molar-refractivity contribution in [3.63, 3.8) is 0 Å². The molecule has 2 aromatic carbocycles. The van der Waals surface area contributed by atoms with Crippen molar-refractivity contribution < 1.29 is 9.84 Å². The molecule has 1 heterocycles. The second kappa shape index (κ2) is 10.5. The molecule has 0 aliphatic carbocycles. The minimum atomic E-state index is -0.331. The minimum Gasteiger partial charge on any atom is -0.393 e. The summed E-state index contributed by atoms with van der Waals surface area (Å²) in [5.41, 5.74) is 9.31. The predicted molar refractivity (Wildman–Crippen MR) is 132 cm³/mol. The summed E-state index contributed by atoms with van der Waals surface area (Å²) < 4.78 is 6.02. The third-order valence-corrected chi connectivity index (χ3v) is 5.99. The standard InChI is InChI=1S/C28H39NO2/c1-18(2)13-23-17-28(29-27-10-8-7-9-25(23)27)26-15-19(3)14-20(4)24(26)11-12-31-22(6)16-21(5)30/h7-10,14-15,17-18,21-22,28-30H,11-13,16H2,1-6H3. The number of ether oxygens (including phenoxy) is 1. The van der Waals surface area contributed by atoms with Crippen LogP contribution in [0.5, 0.6) is 0 Å². The molecule has 2 N–H and O–H groups in total. The van der Waals surface area contributed by atoms with E-state index in [2.05, 4.69) is 75.5 Å². The topological polar surface area (TPSA) is 41.5 Å². The van der Waals surface area contributed by atoms with Crippen molar-refractivity contribution in [2.75, 3.05) is 11.9 Å². The molecule has 2 aromatic rings. The molecule has 1 aliphatic rings. The molecule has 0 spiro atoms. The Morgan fingerprint density at radius 2 is 1.81 bits per heavy atom. The van der Waals surface area contributed by atoms with Gasteiger partial charge in [0.05, 0.1) is 24.9 Å². The van der Waals surface area contributed by atoms with E-state index in [1.807, 2.05) is 13.8 Å². The van der Waals surface area contributed by atoms with E-state index in [9.17, 15) is 5.11 Å². The smallest absolute Gasteiger partial charge is 0.0706 e. The molecule has 0 saturated carbocycles. The van der Waals surface area contributed by atoms with Gasteiger partial charge in [-0.2, -0.15) is 0 Å². The summed E-state index contributed by atoms with van der Waals surface area (Å²) in [7, 11) is 0. The summed E-state index contributed by atoms with van der Waals surface area (Å²) in [5, 5.41) is 13.4. The molecule has 3 nitrogen and oxygen atoms in total. The number of aliphatic hydroxyl groups is 1. The fourth-order valence-corrected chi connectivity index (χ4v) is 4.73. The Kier molecular flexibility index (Phi) is 7.96. The second-order valence-corrected chi connectivity index (χ2v) is 9.62. The first-order valence-corrected chi connectivity index (χ1v) is 11.7. The summed E-state index contributed by atoms with van der Waals surface area (Å²) in [5.74, 6) is 0.612. The van der Waals surface area contributed by atoms with Gasteiger partial charge >= 0.3 is 0 Å². The minimum absolute atomic E-state index is 0.0615. The number of allylic oxidation sites excluding steroid dienone is 1. The molecular weight excluding hydrogens is 382 g/mol. The number of hydrogen-bond donors (Lipinski definition) is 2. The van der Waals surface area contributed by atoms with Gasteiger partial charge in [0.2, 0.25) is 0 Å². The van der Waals surface area contributed by atoms with Crippen molar-refractivity contribution in [3.8, 4) is 0 Å². The second-order valence-electron chi connectivity index (χ2n) is 9.62. The first-order chi connectivity index (χ1) is 14.7. The molecule has 3 heteroatoms. The largest absolute Gasteiger partial charge is 0.393 e. The number of para-hydroxylation sites is 1. The van der Waals surface area contributed by atoms with Crippen molar-refractivity contribution in [2.24, 2.45) is 5.92 Å².